The number of aromatic hydroxyl groups is 1. The van der Waals surface area contributed by atoms with E-state index >= 15 is 0 Å². The number of hydrogen-bond acceptors (Lipinski definition) is 10. The lowest BCUT2D eigenvalue weighted by molar-refractivity contribution is -0.195. The smallest absolute Gasteiger partial charge is 0.235 e. The largest absolute Gasteiger partial charge is 0.507 e. The summed E-state index contributed by atoms with van der Waals surface area (Å²) < 4.78 is 0. The van der Waals surface area contributed by atoms with Gasteiger partial charge in [0, 0.05) is 18.5 Å². The quantitative estimate of drug-likeness (QED) is 0.230. The molecule has 3 aliphatic rings. The number of Topliss-reactive ketones (excluding diaryl/α,β-unsaturated/α-hetero) is 4. The van der Waals surface area contributed by atoms with Crippen molar-refractivity contribution in [3.63, 3.8) is 0 Å². The fourth-order valence-electron chi connectivity index (χ4n) is 5.92. The zero-order chi connectivity index (χ0) is 26.1. The highest BCUT2D eigenvalue weighted by atomic mass is 16.3. The van der Waals surface area contributed by atoms with Crippen molar-refractivity contribution in [1.82, 2.24) is 4.90 Å². The van der Waals surface area contributed by atoms with Crippen LogP contribution in [0.4, 0.5) is 5.69 Å². The van der Waals surface area contributed by atoms with Gasteiger partial charge >= 0.3 is 0 Å². The van der Waals surface area contributed by atoms with Crippen molar-refractivity contribution in [1.29, 1.82) is 0 Å². The summed E-state index contributed by atoms with van der Waals surface area (Å²) in [5.41, 5.74) is 2.29. The second kappa shape index (κ2) is 8.04. The molecule has 1 aromatic carbocycles. The molecule has 186 valence electrons. The first kappa shape index (κ1) is 24.6. The van der Waals surface area contributed by atoms with Gasteiger partial charge in [0.05, 0.1) is 29.5 Å². The number of primary amides is 1. The van der Waals surface area contributed by atoms with Gasteiger partial charge in [0.2, 0.25) is 11.8 Å². The average Bonchev–Trinajstić information content (AvgIpc) is 2.75. The summed E-state index contributed by atoms with van der Waals surface area (Å²) in [7, 11) is 2.82. The van der Waals surface area contributed by atoms with Gasteiger partial charge in [0.1, 0.15) is 5.75 Å². The normalized spacial score (nSPS) is 34.2. The Morgan fingerprint density at radius 1 is 1.14 bits per heavy atom. The number of carbonyl (C=O) groups is 6. The number of nitrogens with one attached hydrogen (secondary N) is 1. The third kappa shape index (κ3) is 3.24. The van der Waals surface area contributed by atoms with Crippen LogP contribution in [0, 0.1) is 23.7 Å². The number of ketones is 4. The van der Waals surface area contributed by atoms with Gasteiger partial charge in [-0.15, -0.1) is 0 Å². The number of carbonyl (C=O) groups excluding carboxylic acids is 6. The van der Waals surface area contributed by atoms with E-state index < -0.39 is 82.1 Å². The topological polar surface area (TPSA) is 204 Å². The van der Waals surface area contributed by atoms with Gasteiger partial charge in [0.15, 0.2) is 34.7 Å². The molecule has 0 aliphatic heterocycles. The monoisotopic (exact) mass is 487 g/mol. The third-order valence-corrected chi connectivity index (χ3v) is 7.34. The van der Waals surface area contributed by atoms with Crippen LogP contribution in [0.2, 0.25) is 0 Å². The van der Waals surface area contributed by atoms with E-state index in [0.717, 1.165) is 6.07 Å². The first-order chi connectivity index (χ1) is 16.2. The van der Waals surface area contributed by atoms with Gasteiger partial charge in [0.25, 0.3) is 0 Å². The molecule has 3 aliphatic carbocycles. The summed E-state index contributed by atoms with van der Waals surface area (Å²) in [6.07, 6.45) is -1.90. The summed E-state index contributed by atoms with van der Waals surface area (Å²) in [4.78, 5) is 78.3. The van der Waals surface area contributed by atoms with Crippen molar-refractivity contribution in [3.8, 4) is 5.75 Å². The van der Waals surface area contributed by atoms with Crippen LogP contribution in [0.3, 0.4) is 0 Å². The van der Waals surface area contributed by atoms with Crippen LogP contribution in [0.1, 0.15) is 22.8 Å². The molecular formula is C23H25N3O9. The molecule has 12 heteroatoms. The van der Waals surface area contributed by atoms with E-state index in [1.807, 2.05) is 0 Å². The molecule has 0 radical (unpaired) electrons. The molecule has 1 aromatic rings. The number of phenols is 1. The number of benzene rings is 1. The number of hydrogen-bond donors (Lipinski definition) is 5. The van der Waals surface area contributed by atoms with Crippen LogP contribution in [0.25, 0.3) is 0 Å². The lowest BCUT2D eigenvalue weighted by atomic mass is 9.51. The van der Waals surface area contributed by atoms with Crippen molar-refractivity contribution in [3.05, 3.63) is 23.3 Å². The fourth-order valence-corrected chi connectivity index (χ4v) is 5.92. The first-order valence-electron chi connectivity index (χ1n) is 10.9. The summed E-state index contributed by atoms with van der Waals surface area (Å²) in [6, 6.07) is 1.08. The number of nitrogens with two attached hydrogens (primary N) is 1. The highest BCUT2D eigenvalue weighted by Gasteiger charge is 2.72. The fraction of sp³-hybridized carbons (Fsp3) is 0.478. The predicted molar refractivity (Wildman–Crippen MR) is 117 cm³/mol. The van der Waals surface area contributed by atoms with E-state index in [-0.39, 0.29) is 23.2 Å². The lowest BCUT2D eigenvalue weighted by Crippen LogP contribution is -2.77. The van der Waals surface area contributed by atoms with Gasteiger partial charge < -0.3 is 26.4 Å². The Labute approximate surface area is 199 Å². The van der Waals surface area contributed by atoms with Crippen molar-refractivity contribution >= 4 is 40.6 Å². The Morgan fingerprint density at radius 3 is 2.31 bits per heavy atom. The van der Waals surface area contributed by atoms with Crippen LogP contribution >= 0.6 is 0 Å². The third-order valence-electron chi connectivity index (χ3n) is 7.34. The van der Waals surface area contributed by atoms with E-state index in [0.29, 0.717) is 0 Å². The maximum absolute atomic E-state index is 13.7. The molecule has 0 heterocycles. The zero-order valence-electron chi connectivity index (χ0n) is 19.1. The standard InChI is InChI=1S/C23H25N3O9/c1-7(27)25-10-4-5-11(28)12-8(10)6-9-13(18(12)30)20(32)23(35)15(17(9)29)16(26(2)3)19(31)14(21(23)33)22(24)34/h4-5,9,13-17,28-29,35H,6H2,1-3H3,(H2,24,34)(H,25,27)/t9-,13?,14?,15-,16+,17+,23+/m0/s1. The molecule has 2 unspecified atom stereocenters. The molecule has 35 heavy (non-hydrogen) atoms. The maximum Gasteiger partial charge on any atom is 0.235 e. The summed E-state index contributed by atoms with van der Waals surface area (Å²) in [5.74, 6) is -13.7. The molecule has 0 spiro atoms. The number of fused-ring (bicyclic) bond motifs is 3. The minimum absolute atomic E-state index is 0.175. The van der Waals surface area contributed by atoms with Gasteiger partial charge in [-0.3, -0.25) is 33.7 Å². The Hall–Kier alpha value is -3.48. The van der Waals surface area contributed by atoms with Gasteiger partial charge in [-0.25, -0.2) is 0 Å². The van der Waals surface area contributed by atoms with Crippen molar-refractivity contribution in [2.45, 2.75) is 31.1 Å². The number of phenolic OH excluding ortho intramolecular Hbond substituents is 1. The molecule has 6 N–H and O–H groups in total. The maximum atomic E-state index is 13.7. The Morgan fingerprint density at radius 2 is 1.77 bits per heavy atom. The zero-order valence-corrected chi connectivity index (χ0v) is 19.1. The SMILES string of the molecule is CC(=O)Nc1ccc(O)c2c1C[C@H]1C(C2=O)C(=O)[C@@]2(O)C(=O)C(C(N)=O)C(=O)[C@H](N(C)C)[C@H]2[C@@H]1O. The Bertz CT molecular complexity index is 1210. The number of anilines is 1. The number of rotatable bonds is 3. The molecule has 2 fully saturated rings. The first-order valence-corrected chi connectivity index (χ1v) is 10.9. The molecule has 7 atom stereocenters. The molecule has 2 saturated carbocycles. The van der Waals surface area contributed by atoms with Crippen LogP contribution in [0.5, 0.6) is 5.75 Å². The number of aliphatic hydroxyl groups excluding tert-OH is 1. The molecule has 4 rings (SSSR count). The number of aliphatic hydroxyl groups is 2. The lowest BCUT2D eigenvalue weighted by Gasteiger charge is -2.54. The Balaban J connectivity index is 1.92. The molecule has 0 aromatic heterocycles. The van der Waals surface area contributed by atoms with Crippen LogP contribution in [-0.2, 0) is 30.4 Å². The van der Waals surface area contributed by atoms with Gasteiger partial charge in [-0.2, -0.15) is 0 Å². The van der Waals surface area contributed by atoms with Gasteiger partial charge in [-0.05, 0) is 38.2 Å². The number of amides is 2. The van der Waals surface area contributed by atoms with E-state index in [2.05, 4.69) is 5.32 Å². The predicted octanol–water partition coefficient (Wildman–Crippen LogP) is -2.20. The number of nitrogens with zero attached hydrogens (tertiary/aromatic N) is 1. The van der Waals surface area contributed by atoms with Crippen LogP contribution in [0.15, 0.2) is 12.1 Å². The van der Waals surface area contributed by atoms with Crippen LogP contribution in [-0.4, -0.2) is 87.0 Å². The summed E-state index contributed by atoms with van der Waals surface area (Å²) >= 11 is 0. The highest BCUT2D eigenvalue weighted by molar-refractivity contribution is 6.32. The van der Waals surface area contributed by atoms with Crippen LogP contribution < -0.4 is 11.1 Å². The van der Waals surface area contributed by atoms with E-state index in [1.165, 1.54) is 32.0 Å². The second-order valence-electron chi connectivity index (χ2n) is 9.53. The Kier molecular flexibility index (Phi) is 5.66. The van der Waals surface area contributed by atoms with Gasteiger partial charge in [-0.1, -0.05) is 0 Å². The summed E-state index contributed by atoms with van der Waals surface area (Å²) in [6.45, 7) is 1.24. The summed E-state index contributed by atoms with van der Waals surface area (Å²) in [5, 5.41) is 35.8. The molecule has 0 bridgehead atoms. The molecule has 12 nitrogen and oxygen atoms in total. The molecule has 2 amide bonds. The average molecular weight is 487 g/mol. The van der Waals surface area contributed by atoms with E-state index in [1.54, 1.807) is 0 Å². The van der Waals surface area contributed by atoms with E-state index in [4.69, 9.17) is 5.73 Å². The van der Waals surface area contributed by atoms with E-state index in [9.17, 15) is 44.1 Å². The van der Waals surface area contributed by atoms with Crippen molar-refractivity contribution in [2.75, 3.05) is 19.4 Å². The van der Waals surface area contributed by atoms with Crippen molar-refractivity contribution < 1.29 is 44.1 Å². The number of likely N-dealkylation sites (N-methyl/N-ethyl adjacent to an activating group) is 1. The highest BCUT2D eigenvalue weighted by Crippen LogP contribution is 2.51. The molecule has 0 saturated heterocycles. The minimum Gasteiger partial charge on any atom is -0.507 e. The molecular weight excluding hydrogens is 462 g/mol. The van der Waals surface area contributed by atoms with Crippen molar-refractivity contribution in [2.24, 2.45) is 29.4 Å². The second-order valence-corrected chi connectivity index (χ2v) is 9.53. The minimum atomic E-state index is -3.04.